The number of benzene rings is 2. The van der Waals surface area contributed by atoms with Crippen molar-refractivity contribution in [3.63, 3.8) is 0 Å². The van der Waals surface area contributed by atoms with Gasteiger partial charge in [0.15, 0.2) is 0 Å². The van der Waals surface area contributed by atoms with Crippen molar-refractivity contribution in [2.24, 2.45) is 5.92 Å². The molecule has 2 saturated heterocycles. The predicted octanol–water partition coefficient (Wildman–Crippen LogP) is 5.61. The van der Waals surface area contributed by atoms with Crippen molar-refractivity contribution in [2.75, 3.05) is 13.2 Å². The summed E-state index contributed by atoms with van der Waals surface area (Å²) in [6, 6.07) is 17.0. The summed E-state index contributed by atoms with van der Waals surface area (Å²) in [5, 5.41) is 10.5. The highest BCUT2D eigenvalue weighted by molar-refractivity contribution is 6.30. The maximum Gasteiger partial charge on any atom is 0.304 e. The van der Waals surface area contributed by atoms with Crippen molar-refractivity contribution in [3.8, 4) is 0 Å². The smallest absolute Gasteiger partial charge is 0.304 e. The van der Waals surface area contributed by atoms with Crippen LogP contribution in [-0.4, -0.2) is 41.1 Å². The first-order valence-electron chi connectivity index (χ1n) is 10.5. The van der Waals surface area contributed by atoms with Crippen molar-refractivity contribution in [3.05, 3.63) is 70.2 Å². The lowest BCUT2D eigenvalue weighted by molar-refractivity contribution is -0.154. The first kappa shape index (κ1) is 23.6. The van der Waals surface area contributed by atoms with Crippen LogP contribution in [0.2, 0.25) is 10.0 Å². The predicted molar refractivity (Wildman–Crippen MR) is 121 cm³/mol. The van der Waals surface area contributed by atoms with Crippen LogP contribution in [0.15, 0.2) is 54.6 Å². The molecule has 31 heavy (non-hydrogen) atoms. The fraction of sp³-hybridized carbons (Fsp3) is 0.417. The maximum absolute atomic E-state index is 13.0. The molecule has 0 bridgehead atoms. The fourth-order valence-electron chi connectivity index (χ4n) is 4.19. The van der Waals surface area contributed by atoms with Gasteiger partial charge in [0.05, 0.1) is 25.1 Å². The Hall–Kier alpha value is -2.08. The number of likely N-dealkylation sites (tertiary alicyclic amines) is 1. The van der Waals surface area contributed by atoms with Crippen molar-refractivity contribution in [1.82, 2.24) is 4.90 Å². The van der Waals surface area contributed by atoms with Crippen LogP contribution in [0.4, 0.5) is 0 Å². The summed E-state index contributed by atoms with van der Waals surface area (Å²) in [6.45, 7) is 1.25. The quantitative estimate of drug-likeness (QED) is 0.639. The molecule has 0 saturated carbocycles. The van der Waals surface area contributed by atoms with E-state index < -0.39 is 11.9 Å². The van der Waals surface area contributed by atoms with Gasteiger partial charge in [-0.15, -0.1) is 0 Å². The molecule has 0 aliphatic carbocycles. The van der Waals surface area contributed by atoms with Gasteiger partial charge in [-0.1, -0.05) is 53.5 Å². The molecule has 1 amide bonds. The van der Waals surface area contributed by atoms with Gasteiger partial charge in [0.1, 0.15) is 0 Å². The summed E-state index contributed by atoms with van der Waals surface area (Å²) in [4.78, 5) is 26.0. The van der Waals surface area contributed by atoms with E-state index in [4.69, 9.17) is 33.0 Å². The van der Waals surface area contributed by atoms with Crippen LogP contribution in [0, 0.1) is 5.92 Å². The van der Waals surface area contributed by atoms with Gasteiger partial charge in [0.2, 0.25) is 5.91 Å². The Morgan fingerprint density at radius 1 is 1.00 bits per heavy atom. The number of carbonyl (C=O) groups excluding carboxylic acids is 1. The summed E-state index contributed by atoms with van der Waals surface area (Å²) < 4.78 is 5.57. The average molecular weight is 464 g/mol. The maximum atomic E-state index is 13.0. The van der Waals surface area contributed by atoms with Crippen LogP contribution in [0.3, 0.4) is 0 Å². The molecule has 7 heteroatoms. The van der Waals surface area contributed by atoms with Crippen LogP contribution in [0.25, 0.3) is 0 Å². The molecule has 2 aromatic rings. The molecule has 2 fully saturated rings. The largest absolute Gasteiger partial charge is 0.481 e. The second-order valence-corrected chi connectivity index (χ2v) is 8.72. The number of amides is 1. The van der Waals surface area contributed by atoms with E-state index in [-0.39, 0.29) is 24.4 Å². The summed E-state index contributed by atoms with van der Waals surface area (Å²) in [7, 11) is 0. The minimum absolute atomic E-state index is 0.0172. The molecule has 2 unspecified atom stereocenters. The third-order valence-electron chi connectivity index (χ3n) is 5.67. The van der Waals surface area contributed by atoms with Crippen molar-refractivity contribution in [1.29, 1.82) is 0 Å². The number of piperidine rings is 1. The number of halogens is 2. The van der Waals surface area contributed by atoms with E-state index in [0.29, 0.717) is 18.1 Å². The molecule has 3 atom stereocenters. The van der Waals surface area contributed by atoms with Crippen LogP contribution in [0.1, 0.15) is 43.7 Å². The zero-order valence-electron chi connectivity index (χ0n) is 17.3. The molecule has 0 radical (unpaired) electrons. The second kappa shape index (κ2) is 11.5. The Balaban J connectivity index is 0.000000330. The van der Waals surface area contributed by atoms with Crippen LogP contribution in [0.5, 0.6) is 0 Å². The molecular formula is C24H27Cl2NO4. The second-order valence-electron chi connectivity index (χ2n) is 7.85. The van der Waals surface area contributed by atoms with Crippen LogP contribution in [-0.2, 0) is 14.3 Å². The molecule has 2 aliphatic rings. The lowest BCUT2D eigenvalue weighted by Gasteiger charge is -2.45. The third kappa shape index (κ3) is 6.70. The molecule has 166 valence electrons. The van der Waals surface area contributed by atoms with Crippen molar-refractivity contribution < 1.29 is 19.4 Å². The Kier molecular flexibility index (Phi) is 8.76. The van der Waals surface area contributed by atoms with E-state index in [9.17, 15) is 9.59 Å². The summed E-state index contributed by atoms with van der Waals surface area (Å²) in [6.07, 6.45) is 3.08. The number of ether oxygens (including phenoxy) is 1. The number of nitrogens with zero attached hydrogens (tertiary/aromatic N) is 1. The lowest BCUT2D eigenvalue weighted by Crippen LogP contribution is -2.52. The van der Waals surface area contributed by atoms with Gasteiger partial charge < -0.3 is 14.7 Å². The van der Waals surface area contributed by atoms with Crippen LogP contribution >= 0.6 is 23.2 Å². The van der Waals surface area contributed by atoms with Gasteiger partial charge in [0.25, 0.3) is 0 Å². The van der Waals surface area contributed by atoms with Crippen LogP contribution < -0.4 is 0 Å². The van der Waals surface area contributed by atoms with Gasteiger partial charge in [-0.25, -0.2) is 0 Å². The molecule has 2 heterocycles. The molecule has 0 aromatic heterocycles. The summed E-state index contributed by atoms with van der Waals surface area (Å²) in [5.41, 5.74) is 1.05. The van der Waals surface area contributed by atoms with Gasteiger partial charge in [-0.3, -0.25) is 9.59 Å². The average Bonchev–Trinajstić information content (AvgIpc) is 2.77. The standard InChI is InChI=1S/C18H22ClNO4.C6H5Cl/c19-14-6-3-12(4-7-14)16-8-5-13(10-17(21)22)18(23)20(16)15-2-1-9-24-11-15;7-6-4-2-1-3-5-6/h3-4,6-7,13,15-16H,1-2,5,8-11H2,(H,21,22);1-5H/t13-,15?,16?;/m1./s1. The first-order valence-corrected chi connectivity index (χ1v) is 11.3. The highest BCUT2D eigenvalue weighted by Gasteiger charge is 2.41. The van der Waals surface area contributed by atoms with E-state index in [2.05, 4.69) is 0 Å². The van der Waals surface area contributed by atoms with Crippen molar-refractivity contribution in [2.45, 2.75) is 44.2 Å². The Morgan fingerprint density at radius 2 is 1.68 bits per heavy atom. The molecule has 2 aromatic carbocycles. The highest BCUT2D eigenvalue weighted by atomic mass is 35.5. The molecule has 4 rings (SSSR count). The van der Waals surface area contributed by atoms with Gasteiger partial charge in [0, 0.05) is 22.6 Å². The number of hydrogen-bond acceptors (Lipinski definition) is 3. The van der Waals surface area contributed by atoms with E-state index in [0.717, 1.165) is 36.5 Å². The minimum atomic E-state index is -0.918. The third-order valence-corrected chi connectivity index (χ3v) is 6.17. The lowest BCUT2D eigenvalue weighted by atomic mass is 9.84. The topological polar surface area (TPSA) is 66.8 Å². The van der Waals surface area contributed by atoms with Gasteiger partial charge in [-0.2, -0.15) is 0 Å². The number of carbonyl (C=O) groups is 2. The number of aliphatic carboxylic acids is 1. The zero-order valence-corrected chi connectivity index (χ0v) is 18.8. The Labute approximate surface area is 192 Å². The Bertz CT molecular complexity index is 854. The van der Waals surface area contributed by atoms with E-state index in [1.54, 1.807) is 0 Å². The van der Waals surface area contributed by atoms with E-state index >= 15 is 0 Å². The molecule has 5 nitrogen and oxygen atoms in total. The number of carboxylic acid groups (broad SMARTS) is 1. The minimum Gasteiger partial charge on any atom is -0.481 e. The molecule has 1 N–H and O–H groups in total. The monoisotopic (exact) mass is 463 g/mol. The molecule has 2 aliphatic heterocycles. The van der Waals surface area contributed by atoms with E-state index in [1.165, 1.54) is 0 Å². The van der Waals surface area contributed by atoms with Gasteiger partial charge >= 0.3 is 5.97 Å². The fourth-order valence-corrected chi connectivity index (χ4v) is 4.46. The highest BCUT2D eigenvalue weighted by Crippen LogP contribution is 2.38. The number of rotatable bonds is 4. The molecule has 0 spiro atoms. The first-order chi connectivity index (χ1) is 15.0. The zero-order chi connectivity index (χ0) is 22.2. The normalized spacial score (nSPS) is 23.6. The SMILES string of the molecule is Clc1ccccc1.O=C(O)C[C@H]1CCC(c2ccc(Cl)cc2)N(C2CCCOC2)C1=O. The number of hydrogen-bond donors (Lipinski definition) is 1. The Morgan fingerprint density at radius 3 is 2.23 bits per heavy atom. The van der Waals surface area contributed by atoms with E-state index in [1.807, 2.05) is 59.5 Å². The molecular weight excluding hydrogens is 437 g/mol. The van der Waals surface area contributed by atoms with Gasteiger partial charge in [-0.05, 0) is 55.5 Å². The summed E-state index contributed by atoms with van der Waals surface area (Å²) in [5.74, 6) is -1.41. The summed E-state index contributed by atoms with van der Waals surface area (Å²) >= 11 is 11.5. The number of carboxylic acids is 1. The van der Waals surface area contributed by atoms with Crippen molar-refractivity contribution >= 4 is 35.1 Å².